The van der Waals surface area contributed by atoms with Gasteiger partial charge in [-0.05, 0) is 6.04 Å². The van der Waals surface area contributed by atoms with E-state index in [2.05, 4.69) is 28.2 Å². The van der Waals surface area contributed by atoms with E-state index in [1.165, 1.54) is 0 Å². The normalized spacial score (nSPS) is 7.38. The summed E-state index contributed by atoms with van der Waals surface area (Å²) in [5.41, 5.74) is 0. The van der Waals surface area contributed by atoms with Gasteiger partial charge in [0, 0.05) is 5.92 Å². The largest absolute Gasteiger partial charge is 2.00 e. The van der Waals surface area contributed by atoms with E-state index in [1.54, 1.807) is 4.90 Å². The first kappa shape index (κ1) is 43.1. The van der Waals surface area contributed by atoms with Gasteiger partial charge in [0.25, 0.3) is 0 Å². The Hall–Kier alpha value is 0.807. The maximum atomic E-state index is 10.6. The van der Waals surface area contributed by atoms with E-state index in [0.717, 1.165) is 4.90 Å². The number of carbonyl (C=O) groups is 1. The summed E-state index contributed by atoms with van der Waals surface area (Å²) in [6.07, 6.45) is 0. The summed E-state index contributed by atoms with van der Waals surface area (Å²) in [7, 11) is 13.8. The second-order valence-electron chi connectivity index (χ2n) is 3.72. The molecule has 0 unspecified atom stereocenters. The molecule has 0 aliphatic rings. The van der Waals surface area contributed by atoms with E-state index in [9.17, 15) is 4.79 Å². The molecule has 3 nitrogen and oxygen atoms in total. The number of nitrogens with zero attached hydrogens (tertiary/aromatic N) is 2. The van der Waals surface area contributed by atoms with Crippen molar-refractivity contribution in [3.63, 3.8) is 0 Å². The van der Waals surface area contributed by atoms with Gasteiger partial charge in [-0.15, -0.1) is 0 Å². The van der Waals surface area contributed by atoms with Crippen molar-refractivity contribution in [3.05, 3.63) is 28.2 Å². The smallest absolute Gasteiger partial charge is 0.641 e. The summed E-state index contributed by atoms with van der Waals surface area (Å²) in [5.74, 6) is -0.0324. The summed E-state index contributed by atoms with van der Waals surface area (Å²) in [6, 6.07) is 0.463. The Bertz CT molecular complexity index is 146. The van der Waals surface area contributed by atoms with Crippen molar-refractivity contribution in [3.8, 4) is 0 Å². The molecule has 0 aliphatic heterocycles. The van der Waals surface area contributed by atoms with Crippen LogP contribution in [-0.4, -0.2) is 21.7 Å². The molecule has 0 saturated heterocycles. The Morgan fingerprint density at radius 1 is 0.810 bits per heavy atom. The first-order valence-corrected chi connectivity index (χ1v) is 6.55. The Morgan fingerprint density at radius 2 is 1.00 bits per heavy atom. The summed E-state index contributed by atoms with van der Waals surface area (Å²) < 4.78 is 0. The summed E-state index contributed by atoms with van der Waals surface area (Å²) in [6.45, 7) is 15.7. The van der Waals surface area contributed by atoms with Gasteiger partial charge in [0.2, 0.25) is 0 Å². The first-order chi connectivity index (χ1) is 8.20. The van der Waals surface area contributed by atoms with Crippen LogP contribution in [0.4, 0.5) is 0 Å². The molecule has 0 spiro atoms. The van der Waals surface area contributed by atoms with Gasteiger partial charge < -0.3 is 23.9 Å². The third-order valence-electron chi connectivity index (χ3n) is 1.54. The van der Waals surface area contributed by atoms with E-state index < -0.39 is 0 Å². The molecule has 0 aliphatic carbocycles. The SMILES string of the molecule is C.CC.CC.[CH2-]N([CH2-])C(=O)C(C)C.[CH2-]N([CH2-])C(C)C.[W+2].[W+2]. The van der Waals surface area contributed by atoms with Crippen LogP contribution >= 0.6 is 0 Å². The number of hydrogen-bond donors (Lipinski definition) is 0. The van der Waals surface area contributed by atoms with Crippen LogP contribution in [0.25, 0.3) is 0 Å². The van der Waals surface area contributed by atoms with Crippen LogP contribution in [0.15, 0.2) is 0 Å². The molecule has 0 radical (unpaired) electrons. The van der Waals surface area contributed by atoms with Gasteiger partial charge in [0.05, 0.1) is 0 Å². The van der Waals surface area contributed by atoms with Crippen LogP contribution in [0.1, 0.15) is 62.8 Å². The fourth-order valence-corrected chi connectivity index (χ4v) is 0.365. The van der Waals surface area contributed by atoms with Crippen LogP contribution in [0.5, 0.6) is 0 Å². The third kappa shape index (κ3) is 44.9. The van der Waals surface area contributed by atoms with Crippen LogP contribution in [0.3, 0.4) is 0 Å². The van der Waals surface area contributed by atoms with Crippen LogP contribution < -0.4 is 0 Å². The van der Waals surface area contributed by atoms with Gasteiger partial charge in [-0.2, -0.15) is 0 Å². The monoisotopic (exact) mass is 642 g/mol. The molecule has 0 aromatic carbocycles. The number of rotatable bonds is 2. The van der Waals surface area contributed by atoms with Crippen molar-refractivity contribution in [2.24, 2.45) is 5.92 Å². The van der Waals surface area contributed by atoms with Crippen molar-refractivity contribution >= 4 is 5.91 Å². The second-order valence-corrected chi connectivity index (χ2v) is 3.72. The number of amides is 1. The van der Waals surface area contributed by atoms with Crippen molar-refractivity contribution in [2.75, 3.05) is 0 Å². The molecular weight excluding hydrogens is 604 g/mol. The fraction of sp³-hybridized carbons (Fsp3) is 0.688. The standard InChI is InChI=1S/C6H11NO.C5H11N.2C2H6.CH4.2W/c1-5(2)6(8)7(3)4;1-5(2)6(3)4;2*1-2;;;/h5H,3-4H2,1-2H3;5H,3-4H2,1-2H3;2*1-2H3;1H4;;/q2*-2;;;;2*+2. The molecule has 0 saturated carbocycles. The Morgan fingerprint density at radius 3 is 1.00 bits per heavy atom. The molecule has 0 N–H and O–H groups in total. The Labute approximate surface area is 165 Å². The topological polar surface area (TPSA) is 23.6 Å². The van der Waals surface area contributed by atoms with Crippen molar-refractivity contribution in [1.29, 1.82) is 0 Å². The molecule has 5 heteroatoms. The Kier molecular flexibility index (Phi) is 67.0. The van der Waals surface area contributed by atoms with Crippen LogP contribution in [-0.2, 0) is 46.9 Å². The van der Waals surface area contributed by atoms with Gasteiger partial charge in [0.15, 0.2) is 5.91 Å². The zero-order chi connectivity index (χ0) is 15.9. The summed E-state index contributed by atoms with van der Waals surface area (Å²) >= 11 is 0. The van der Waals surface area contributed by atoms with Gasteiger partial charge in [-0.1, -0.05) is 62.8 Å². The molecule has 0 fully saturated rings. The number of hydrogen-bond acceptors (Lipinski definition) is 2. The first-order valence-electron chi connectivity index (χ1n) is 6.55. The molecule has 1 amide bonds. The number of carbonyl (C=O) groups excluding carboxylic acids is 1. The van der Waals surface area contributed by atoms with E-state index in [4.69, 9.17) is 0 Å². The predicted molar refractivity (Wildman–Crippen MR) is 89.5 cm³/mol. The minimum absolute atomic E-state index is 0. The molecular formula is C16H38N2OW2. The zero-order valence-electron chi connectivity index (χ0n) is 14.6. The minimum Gasteiger partial charge on any atom is -0.641 e. The molecule has 0 atom stereocenters. The predicted octanol–water partition coefficient (Wildman–Crippen LogP) is 5.02. The average molecular weight is 642 g/mol. The zero-order valence-corrected chi connectivity index (χ0v) is 20.5. The van der Waals surface area contributed by atoms with Gasteiger partial charge in [-0.3, -0.25) is 18.9 Å². The fourth-order valence-electron chi connectivity index (χ4n) is 0.365. The average Bonchev–Trinajstić information content (AvgIpc) is 2.33. The van der Waals surface area contributed by atoms with Gasteiger partial charge >= 0.3 is 42.1 Å². The molecule has 0 aromatic heterocycles. The quantitative estimate of drug-likeness (QED) is 0.396. The van der Waals surface area contributed by atoms with E-state index in [1.807, 2.05) is 55.4 Å². The Balaban J connectivity index is -0.0000000274. The molecule has 130 valence electrons. The van der Waals surface area contributed by atoms with Crippen molar-refractivity contribution in [2.45, 2.75) is 68.9 Å². The van der Waals surface area contributed by atoms with E-state index in [-0.39, 0.29) is 61.4 Å². The maximum absolute atomic E-state index is 10.6. The summed E-state index contributed by atoms with van der Waals surface area (Å²) in [4.78, 5) is 13.4. The molecule has 21 heavy (non-hydrogen) atoms. The van der Waals surface area contributed by atoms with Crippen molar-refractivity contribution < 1.29 is 46.9 Å². The molecule has 0 bridgehead atoms. The van der Waals surface area contributed by atoms with Crippen molar-refractivity contribution in [1.82, 2.24) is 9.80 Å². The maximum Gasteiger partial charge on any atom is 2.00 e. The molecule has 0 rings (SSSR count). The van der Waals surface area contributed by atoms with Crippen LogP contribution in [0, 0.1) is 34.1 Å². The van der Waals surface area contributed by atoms with E-state index in [0.29, 0.717) is 6.04 Å². The van der Waals surface area contributed by atoms with E-state index >= 15 is 0 Å². The van der Waals surface area contributed by atoms with Gasteiger partial charge in [0.1, 0.15) is 0 Å². The van der Waals surface area contributed by atoms with Crippen LogP contribution in [0.2, 0.25) is 0 Å². The molecule has 0 heterocycles. The minimum atomic E-state index is -0.0370. The third-order valence-corrected chi connectivity index (χ3v) is 1.54. The van der Waals surface area contributed by atoms with Gasteiger partial charge in [-0.25, -0.2) is 0 Å². The molecule has 0 aromatic rings. The second kappa shape index (κ2) is 32.7. The summed E-state index contributed by atoms with van der Waals surface area (Å²) in [5, 5.41) is 0.